The van der Waals surface area contributed by atoms with Gasteiger partial charge in [0.05, 0.1) is 6.61 Å². The summed E-state index contributed by atoms with van der Waals surface area (Å²) in [6, 6.07) is 7.81. The second kappa shape index (κ2) is 7.24. The number of nitrogens with one attached hydrogen (secondary N) is 2. The molecule has 0 heterocycles. The van der Waals surface area contributed by atoms with Gasteiger partial charge < -0.3 is 10.1 Å². The summed E-state index contributed by atoms with van der Waals surface area (Å²) < 4.78 is 5.72. The summed E-state index contributed by atoms with van der Waals surface area (Å²) in [5.74, 6) is 0. The van der Waals surface area contributed by atoms with E-state index >= 15 is 0 Å². The van der Waals surface area contributed by atoms with Gasteiger partial charge >= 0.3 is 6.09 Å². The standard InChI is InChI=1S/C11H13BrN2O2S/c1-2-16-11(15)14-10(17)13-7-8-3-5-9(12)6-4-8/h3-6H,2,7H2,1H3,(H2,13,14,15,17). The predicted octanol–water partition coefficient (Wildman–Crippen LogP) is 2.57. The fourth-order valence-corrected chi connectivity index (χ4v) is 1.51. The monoisotopic (exact) mass is 316 g/mol. The van der Waals surface area contributed by atoms with Gasteiger partial charge in [-0.15, -0.1) is 0 Å². The predicted molar refractivity (Wildman–Crippen MR) is 73.7 cm³/mol. The highest BCUT2D eigenvalue weighted by Crippen LogP contribution is 2.09. The summed E-state index contributed by atoms with van der Waals surface area (Å²) >= 11 is 8.29. The van der Waals surface area contributed by atoms with Crippen LogP contribution in [0.1, 0.15) is 12.5 Å². The van der Waals surface area contributed by atoms with Gasteiger partial charge in [0.15, 0.2) is 5.11 Å². The molecule has 1 aromatic rings. The topological polar surface area (TPSA) is 50.4 Å². The summed E-state index contributed by atoms with van der Waals surface area (Å²) in [4.78, 5) is 11.0. The van der Waals surface area contributed by atoms with Crippen LogP contribution in [0.2, 0.25) is 0 Å². The van der Waals surface area contributed by atoms with Crippen molar-refractivity contribution in [2.24, 2.45) is 0 Å². The molecule has 6 heteroatoms. The van der Waals surface area contributed by atoms with Gasteiger partial charge in [0.2, 0.25) is 0 Å². The Kier molecular flexibility index (Phi) is 5.93. The van der Waals surface area contributed by atoms with Crippen LogP contribution in [0.15, 0.2) is 28.7 Å². The third-order valence-corrected chi connectivity index (χ3v) is 2.63. The molecule has 0 aliphatic rings. The number of carbonyl (C=O) groups is 1. The Morgan fingerprint density at radius 1 is 1.41 bits per heavy atom. The number of halogens is 1. The van der Waals surface area contributed by atoms with Gasteiger partial charge in [-0.2, -0.15) is 0 Å². The molecular formula is C11H13BrN2O2S. The lowest BCUT2D eigenvalue weighted by molar-refractivity contribution is 0.157. The lowest BCUT2D eigenvalue weighted by Crippen LogP contribution is -2.39. The Hall–Kier alpha value is -1.14. The zero-order valence-electron chi connectivity index (χ0n) is 9.33. The Bertz CT molecular complexity index is 395. The molecule has 0 aromatic heterocycles. The third-order valence-electron chi connectivity index (χ3n) is 1.86. The Labute approximate surface area is 114 Å². The van der Waals surface area contributed by atoms with Crippen LogP contribution in [0.3, 0.4) is 0 Å². The first-order valence-corrected chi connectivity index (χ1v) is 6.28. The van der Waals surface area contributed by atoms with Crippen molar-refractivity contribution in [2.45, 2.75) is 13.5 Å². The number of thiocarbonyl (C=S) groups is 1. The van der Waals surface area contributed by atoms with E-state index in [9.17, 15) is 4.79 Å². The van der Waals surface area contributed by atoms with Crippen molar-refractivity contribution in [3.8, 4) is 0 Å². The van der Waals surface area contributed by atoms with Gasteiger partial charge in [-0.3, -0.25) is 5.32 Å². The van der Waals surface area contributed by atoms with E-state index < -0.39 is 6.09 Å². The molecular weight excluding hydrogens is 304 g/mol. The molecule has 1 rings (SSSR count). The molecule has 1 aromatic carbocycles. The molecule has 17 heavy (non-hydrogen) atoms. The molecule has 0 atom stereocenters. The van der Waals surface area contributed by atoms with Crippen LogP contribution in [-0.4, -0.2) is 17.8 Å². The zero-order chi connectivity index (χ0) is 12.7. The highest BCUT2D eigenvalue weighted by molar-refractivity contribution is 9.10. The van der Waals surface area contributed by atoms with Crippen molar-refractivity contribution in [1.82, 2.24) is 10.6 Å². The fourth-order valence-electron chi connectivity index (χ4n) is 1.09. The van der Waals surface area contributed by atoms with E-state index in [4.69, 9.17) is 17.0 Å². The molecule has 0 aliphatic heterocycles. The minimum atomic E-state index is -0.541. The largest absolute Gasteiger partial charge is 0.450 e. The van der Waals surface area contributed by atoms with E-state index in [1.54, 1.807) is 6.92 Å². The third kappa shape index (κ3) is 5.65. The van der Waals surface area contributed by atoms with Crippen LogP contribution >= 0.6 is 28.1 Å². The first-order chi connectivity index (χ1) is 8.11. The molecule has 0 unspecified atom stereocenters. The molecule has 0 aliphatic carbocycles. The summed E-state index contributed by atoms with van der Waals surface area (Å²) in [6.07, 6.45) is -0.541. The van der Waals surface area contributed by atoms with Crippen molar-refractivity contribution < 1.29 is 9.53 Å². The highest BCUT2D eigenvalue weighted by atomic mass is 79.9. The number of benzene rings is 1. The number of ether oxygens (including phenoxy) is 1. The van der Waals surface area contributed by atoms with Crippen LogP contribution in [0.25, 0.3) is 0 Å². The minimum Gasteiger partial charge on any atom is -0.450 e. The molecule has 92 valence electrons. The highest BCUT2D eigenvalue weighted by Gasteiger charge is 2.03. The number of alkyl carbamates (subject to hydrolysis) is 1. The van der Waals surface area contributed by atoms with Crippen molar-refractivity contribution in [3.63, 3.8) is 0 Å². The number of rotatable bonds is 3. The van der Waals surface area contributed by atoms with Crippen LogP contribution in [0, 0.1) is 0 Å². The SMILES string of the molecule is CCOC(=O)NC(=S)NCc1ccc(Br)cc1. The van der Waals surface area contributed by atoms with Crippen LogP contribution in [-0.2, 0) is 11.3 Å². The normalized spacial score (nSPS) is 9.53. The number of hydrogen-bond acceptors (Lipinski definition) is 3. The van der Waals surface area contributed by atoms with Crippen LogP contribution < -0.4 is 10.6 Å². The smallest absolute Gasteiger partial charge is 0.413 e. The summed E-state index contributed by atoms with van der Waals surface area (Å²) in [7, 11) is 0. The lowest BCUT2D eigenvalue weighted by Gasteiger charge is -2.09. The van der Waals surface area contributed by atoms with Gasteiger partial charge in [0, 0.05) is 11.0 Å². The van der Waals surface area contributed by atoms with Crippen LogP contribution in [0.5, 0.6) is 0 Å². The maximum Gasteiger partial charge on any atom is 0.413 e. The van der Waals surface area contributed by atoms with E-state index in [0.717, 1.165) is 10.0 Å². The average Bonchev–Trinajstić information content (AvgIpc) is 2.28. The fraction of sp³-hybridized carbons (Fsp3) is 0.273. The Morgan fingerprint density at radius 3 is 2.65 bits per heavy atom. The van der Waals surface area contributed by atoms with Gasteiger partial charge in [-0.05, 0) is 36.8 Å². The summed E-state index contributed by atoms with van der Waals surface area (Å²) in [5.41, 5.74) is 1.07. The number of hydrogen-bond donors (Lipinski definition) is 2. The van der Waals surface area contributed by atoms with Crippen molar-refractivity contribution >= 4 is 39.4 Å². The molecule has 0 saturated heterocycles. The molecule has 0 saturated carbocycles. The number of carbonyl (C=O) groups excluding carboxylic acids is 1. The molecule has 0 bridgehead atoms. The maximum absolute atomic E-state index is 11.0. The summed E-state index contributed by atoms with van der Waals surface area (Å²) in [5, 5.41) is 5.58. The van der Waals surface area contributed by atoms with E-state index in [1.165, 1.54) is 0 Å². The zero-order valence-corrected chi connectivity index (χ0v) is 11.7. The molecule has 0 radical (unpaired) electrons. The van der Waals surface area contributed by atoms with Gasteiger partial charge in [0.1, 0.15) is 0 Å². The van der Waals surface area contributed by atoms with Gasteiger partial charge in [-0.25, -0.2) is 4.79 Å². The molecule has 4 nitrogen and oxygen atoms in total. The summed E-state index contributed by atoms with van der Waals surface area (Å²) in [6.45, 7) is 2.61. The second-order valence-electron chi connectivity index (χ2n) is 3.15. The van der Waals surface area contributed by atoms with Gasteiger partial charge in [-0.1, -0.05) is 28.1 Å². The second-order valence-corrected chi connectivity index (χ2v) is 4.48. The van der Waals surface area contributed by atoms with E-state index in [1.807, 2.05) is 24.3 Å². The first kappa shape index (κ1) is 13.9. The van der Waals surface area contributed by atoms with Crippen molar-refractivity contribution in [1.29, 1.82) is 0 Å². The molecule has 0 spiro atoms. The van der Waals surface area contributed by atoms with Crippen molar-refractivity contribution in [3.05, 3.63) is 34.3 Å². The van der Waals surface area contributed by atoms with Crippen molar-refractivity contribution in [2.75, 3.05) is 6.61 Å². The number of amides is 1. The van der Waals surface area contributed by atoms with E-state index in [2.05, 4.69) is 26.6 Å². The van der Waals surface area contributed by atoms with E-state index in [0.29, 0.717) is 13.2 Å². The molecule has 1 amide bonds. The minimum absolute atomic E-state index is 0.256. The maximum atomic E-state index is 11.0. The quantitative estimate of drug-likeness (QED) is 0.842. The Balaban J connectivity index is 2.33. The molecule has 2 N–H and O–H groups in total. The Morgan fingerprint density at radius 2 is 2.06 bits per heavy atom. The van der Waals surface area contributed by atoms with Gasteiger partial charge in [0.25, 0.3) is 0 Å². The van der Waals surface area contributed by atoms with Crippen LogP contribution in [0.4, 0.5) is 4.79 Å². The molecule has 0 fully saturated rings. The average molecular weight is 317 g/mol. The first-order valence-electron chi connectivity index (χ1n) is 5.08. The van der Waals surface area contributed by atoms with E-state index in [-0.39, 0.29) is 5.11 Å². The lowest BCUT2D eigenvalue weighted by atomic mass is 10.2.